The SMILES string of the molecule is CC1(COc2c(N3CCN(S(=O)(=O)Cc4ccc(O)c(N)c4)CC3)cnn(-c3cc(F)cc(F)c3)c2=O)CC1. The summed E-state index contributed by atoms with van der Waals surface area (Å²) in [6.45, 7) is 3.19. The summed E-state index contributed by atoms with van der Waals surface area (Å²) in [7, 11) is -3.68. The highest BCUT2D eigenvalue weighted by Gasteiger charge is 2.39. The summed E-state index contributed by atoms with van der Waals surface area (Å²) in [5.41, 5.74) is 5.86. The van der Waals surface area contributed by atoms with Crippen LogP contribution in [0.25, 0.3) is 5.69 Å². The lowest BCUT2D eigenvalue weighted by atomic mass is 10.2. The van der Waals surface area contributed by atoms with E-state index in [1.165, 1.54) is 28.7 Å². The number of anilines is 2. The van der Waals surface area contributed by atoms with Crippen molar-refractivity contribution in [2.75, 3.05) is 43.4 Å². The lowest BCUT2D eigenvalue weighted by molar-refractivity contribution is 0.242. The molecule has 3 N–H and O–H groups in total. The Kier molecular flexibility index (Phi) is 6.97. The third kappa shape index (κ3) is 5.83. The number of piperazine rings is 1. The fourth-order valence-corrected chi connectivity index (χ4v) is 5.95. The van der Waals surface area contributed by atoms with Gasteiger partial charge in [-0.3, -0.25) is 4.79 Å². The largest absolute Gasteiger partial charge is 0.506 e. The van der Waals surface area contributed by atoms with Crippen LogP contribution in [-0.2, 0) is 15.8 Å². The second kappa shape index (κ2) is 10.1. The summed E-state index contributed by atoms with van der Waals surface area (Å²) in [5, 5.41) is 13.8. The number of benzene rings is 2. The van der Waals surface area contributed by atoms with Crippen LogP contribution >= 0.6 is 0 Å². The van der Waals surface area contributed by atoms with Crippen molar-refractivity contribution in [2.24, 2.45) is 5.41 Å². The fourth-order valence-electron chi connectivity index (χ4n) is 4.44. The quantitative estimate of drug-likeness (QED) is 0.317. The van der Waals surface area contributed by atoms with Gasteiger partial charge in [0.15, 0.2) is 0 Å². The highest BCUT2D eigenvalue weighted by Crippen LogP contribution is 2.45. The second-order valence-corrected chi connectivity index (χ2v) is 12.3. The molecule has 208 valence electrons. The van der Waals surface area contributed by atoms with Crippen LogP contribution in [0.5, 0.6) is 11.5 Å². The van der Waals surface area contributed by atoms with Gasteiger partial charge in [-0.15, -0.1) is 0 Å². The van der Waals surface area contributed by atoms with Crippen LogP contribution < -0.4 is 20.9 Å². The zero-order valence-corrected chi connectivity index (χ0v) is 22.1. The monoisotopic (exact) mass is 561 g/mol. The maximum atomic E-state index is 13.8. The third-order valence-electron chi connectivity index (χ3n) is 7.09. The number of hydrogen-bond donors (Lipinski definition) is 2. The highest BCUT2D eigenvalue weighted by atomic mass is 32.2. The average molecular weight is 562 g/mol. The molecule has 0 radical (unpaired) electrons. The zero-order chi connectivity index (χ0) is 27.9. The van der Waals surface area contributed by atoms with E-state index in [2.05, 4.69) is 5.10 Å². The van der Waals surface area contributed by atoms with Gasteiger partial charge in [-0.2, -0.15) is 14.1 Å². The molecule has 5 rings (SSSR count). The van der Waals surface area contributed by atoms with Crippen molar-refractivity contribution in [2.45, 2.75) is 25.5 Å². The lowest BCUT2D eigenvalue weighted by Gasteiger charge is -2.35. The summed E-state index contributed by atoms with van der Waals surface area (Å²) in [6, 6.07) is 7.02. The molecule has 39 heavy (non-hydrogen) atoms. The van der Waals surface area contributed by atoms with E-state index < -0.39 is 27.2 Å². The van der Waals surface area contributed by atoms with Gasteiger partial charge in [-0.1, -0.05) is 13.0 Å². The van der Waals surface area contributed by atoms with E-state index in [0.29, 0.717) is 23.9 Å². The van der Waals surface area contributed by atoms with Crippen molar-refractivity contribution < 1.29 is 27.0 Å². The molecule has 2 fully saturated rings. The summed E-state index contributed by atoms with van der Waals surface area (Å²) in [5.74, 6) is -2.08. The van der Waals surface area contributed by atoms with Gasteiger partial charge in [0.2, 0.25) is 15.8 Å². The molecule has 2 aromatic carbocycles. The second-order valence-electron chi connectivity index (χ2n) is 10.3. The first-order valence-corrected chi connectivity index (χ1v) is 14.1. The molecular formula is C26H29F2N5O5S. The molecular weight excluding hydrogens is 532 g/mol. The van der Waals surface area contributed by atoms with E-state index in [1.807, 2.05) is 11.8 Å². The zero-order valence-electron chi connectivity index (χ0n) is 21.3. The summed E-state index contributed by atoms with van der Waals surface area (Å²) in [4.78, 5) is 15.3. The molecule has 13 heteroatoms. The Balaban J connectivity index is 1.37. The number of hydrogen-bond acceptors (Lipinski definition) is 8. The Labute approximate surface area is 224 Å². The van der Waals surface area contributed by atoms with Gasteiger partial charge < -0.3 is 20.5 Å². The topological polar surface area (TPSA) is 131 Å². The number of rotatable bonds is 8. The normalized spacial score (nSPS) is 17.3. The van der Waals surface area contributed by atoms with Gasteiger partial charge in [-0.25, -0.2) is 17.2 Å². The summed E-state index contributed by atoms with van der Waals surface area (Å²) >= 11 is 0. The van der Waals surface area contributed by atoms with Gasteiger partial charge in [0.25, 0.3) is 0 Å². The predicted octanol–water partition coefficient (Wildman–Crippen LogP) is 2.63. The molecule has 1 aliphatic carbocycles. The Hall–Kier alpha value is -3.71. The van der Waals surface area contributed by atoms with Gasteiger partial charge in [0, 0.05) is 37.7 Å². The van der Waals surface area contributed by atoms with Crippen LogP contribution in [0.15, 0.2) is 47.4 Å². The number of sulfonamides is 1. The molecule has 0 amide bonds. The van der Waals surface area contributed by atoms with E-state index in [9.17, 15) is 27.1 Å². The molecule has 0 bridgehead atoms. The van der Waals surface area contributed by atoms with E-state index in [1.54, 1.807) is 0 Å². The number of nitrogens with zero attached hydrogens (tertiary/aromatic N) is 4. The highest BCUT2D eigenvalue weighted by molar-refractivity contribution is 7.88. The first-order valence-electron chi connectivity index (χ1n) is 12.5. The number of nitrogens with two attached hydrogens (primary N) is 1. The van der Waals surface area contributed by atoms with Crippen LogP contribution in [-0.4, -0.2) is 60.4 Å². The number of aromatic hydroxyl groups is 1. The van der Waals surface area contributed by atoms with Crippen LogP contribution in [0, 0.1) is 17.0 Å². The lowest BCUT2D eigenvalue weighted by Crippen LogP contribution is -2.49. The summed E-state index contributed by atoms with van der Waals surface area (Å²) < 4.78 is 62.0. The maximum absolute atomic E-state index is 13.8. The number of nitrogen functional groups attached to an aromatic ring is 1. The predicted molar refractivity (Wildman–Crippen MR) is 142 cm³/mol. The molecule has 3 aromatic rings. The maximum Gasteiger partial charge on any atom is 0.316 e. The van der Waals surface area contributed by atoms with E-state index in [0.717, 1.165) is 29.7 Å². The van der Waals surface area contributed by atoms with Crippen LogP contribution in [0.4, 0.5) is 20.2 Å². The van der Waals surface area contributed by atoms with E-state index >= 15 is 0 Å². The van der Waals surface area contributed by atoms with Crippen molar-refractivity contribution in [1.29, 1.82) is 0 Å². The Morgan fingerprint density at radius 1 is 1.08 bits per heavy atom. The molecule has 1 aromatic heterocycles. The molecule has 0 spiro atoms. The third-order valence-corrected chi connectivity index (χ3v) is 8.94. The molecule has 0 unspecified atom stereocenters. The smallest absolute Gasteiger partial charge is 0.316 e. The standard InChI is InChI=1S/C26H29F2N5O5S/c1-26(4-5-26)16-38-24-22(14-30-33(25(24)35)20-12-18(27)11-19(28)13-20)31-6-8-32(9-7-31)39(36,37)15-17-2-3-23(34)21(29)10-17/h2-3,10-14,34H,4-9,15-16,29H2,1H3. The van der Waals surface area contributed by atoms with Crippen LogP contribution in [0.2, 0.25) is 0 Å². The van der Waals surface area contributed by atoms with Crippen LogP contribution in [0.1, 0.15) is 25.3 Å². The van der Waals surface area contributed by atoms with Gasteiger partial charge in [-0.05, 0) is 42.7 Å². The van der Waals surface area contributed by atoms with Gasteiger partial charge >= 0.3 is 5.56 Å². The Bertz CT molecular complexity index is 1550. The Morgan fingerprint density at radius 3 is 2.36 bits per heavy atom. The molecule has 1 aliphatic heterocycles. The summed E-state index contributed by atoms with van der Waals surface area (Å²) in [6.07, 6.45) is 3.32. The number of aromatic nitrogens is 2. The molecule has 1 saturated heterocycles. The number of phenolic OH excluding ortho intramolecular Hbond substituents is 1. The van der Waals surface area contributed by atoms with E-state index in [-0.39, 0.29) is 60.2 Å². The number of ether oxygens (including phenoxy) is 1. The minimum Gasteiger partial charge on any atom is -0.506 e. The molecule has 1 saturated carbocycles. The molecule has 2 aliphatic rings. The minimum absolute atomic E-state index is 0.00123. The van der Waals surface area contributed by atoms with Crippen molar-refractivity contribution in [3.8, 4) is 17.2 Å². The average Bonchev–Trinajstić information content (AvgIpc) is 3.62. The first kappa shape index (κ1) is 26.9. The van der Waals surface area contributed by atoms with E-state index in [4.69, 9.17) is 10.5 Å². The van der Waals surface area contributed by atoms with Crippen molar-refractivity contribution >= 4 is 21.4 Å². The first-order chi connectivity index (χ1) is 18.4. The molecule has 2 heterocycles. The van der Waals surface area contributed by atoms with Crippen LogP contribution in [0.3, 0.4) is 0 Å². The van der Waals surface area contributed by atoms with Gasteiger partial charge in [0.1, 0.15) is 23.1 Å². The van der Waals surface area contributed by atoms with Gasteiger partial charge in [0.05, 0.1) is 29.9 Å². The Morgan fingerprint density at radius 2 is 1.74 bits per heavy atom. The minimum atomic E-state index is -3.68. The van der Waals surface area contributed by atoms with Crippen molar-refractivity contribution in [3.05, 3.63) is 70.1 Å². The van der Waals surface area contributed by atoms with Crippen molar-refractivity contribution in [1.82, 2.24) is 14.1 Å². The molecule has 0 atom stereocenters. The fraction of sp³-hybridized carbons (Fsp3) is 0.385. The number of halogens is 2. The van der Waals surface area contributed by atoms with Crippen molar-refractivity contribution in [3.63, 3.8) is 0 Å². The molecule has 10 nitrogen and oxygen atoms in total. The number of phenols is 1.